The number of halogens is 1. The fourth-order valence-electron chi connectivity index (χ4n) is 2.92. The van der Waals surface area contributed by atoms with Gasteiger partial charge in [0.1, 0.15) is 5.82 Å². The Morgan fingerprint density at radius 3 is 2.59 bits per heavy atom. The lowest BCUT2D eigenvalue weighted by atomic mass is 10.1. The first-order valence-electron chi connectivity index (χ1n) is 8.69. The molecule has 3 N–H and O–H groups in total. The molecule has 1 aliphatic heterocycles. The molecule has 8 heteroatoms. The molecule has 1 saturated heterocycles. The van der Waals surface area contributed by atoms with Gasteiger partial charge in [-0.2, -0.15) is 0 Å². The minimum absolute atomic E-state index is 0.0464. The molecule has 0 spiro atoms. The lowest BCUT2D eigenvalue weighted by Gasteiger charge is -2.19. The van der Waals surface area contributed by atoms with E-state index in [-0.39, 0.29) is 30.4 Å². The number of ether oxygens (including phenoxy) is 1. The highest BCUT2D eigenvalue weighted by atomic mass is 32.2. The Hall–Kier alpha value is -1.84. The lowest BCUT2D eigenvalue weighted by molar-refractivity contribution is 0.0443. The van der Waals surface area contributed by atoms with Crippen molar-refractivity contribution in [2.45, 2.75) is 36.6 Å². The molecule has 0 aliphatic carbocycles. The maximum atomic E-state index is 13.7. The van der Waals surface area contributed by atoms with Crippen LogP contribution in [0.3, 0.4) is 0 Å². The van der Waals surface area contributed by atoms with Crippen LogP contribution < -0.4 is 10.0 Å². The fourth-order valence-corrected chi connectivity index (χ4v) is 3.96. The molecule has 2 aromatic rings. The van der Waals surface area contributed by atoms with E-state index in [1.165, 1.54) is 18.2 Å². The Morgan fingerprint density at radius 1 is 1.19 bits per heavy atom. The number of aryl methyl sites for hydroxylation is 1. The van der Waals surface area contributed by atoms with Gasteiger partial charge in [-0.25, -0.2) is 17.5 Å². The molecule has 0 unspecified atom stereocenters. The lowest BCUT2D eigenvalue weighted by Crippen LogP contribution is -2.44. The molecule has 6 nitrogen and oxygen atoms in total. The standard InChI is InChI=1S/C19H23FN2O4S/c1-13-6-8-15(9-7-13)27(24,25)22-11-18-19(23)17(12-26-18)21-10-14-4-2-3-5-16(14)20/h2-9,17-19,21-23H,10-12H2,1H3/t17-,18-,19+/m1/s1. The number of hydrogen-bond donors (Lipinski definition) is 3. The summed E-state index contributed by atoms with van der Waals surface area (Å²) >= 11 is 0. The summed E-state index contributed by atoms with van der Waals surface area (Å²) in [6.07, 6.45) is -1.58. The van der Waals surface area contributed by atoms with Gasteiger partial charge in [0.2, 0.25) is 10.0 Å². The molecule has 0 bridgehead atoms. The van der Waals surface area contributed by atoms with Crippen LogP contribution in [-0.2, 0) is 21.3 Å². The van der Waals surface area contributed by atoms with Crippen LogP contribution in [0.15, 0.2) is 53.4 Å². The Morgan fingerprint density at radius 2 is 1.89 bits per heavy atom. The fraction of sp³-hybridized carbons (Fsp3) is 0.368. The van der Waals surface area contributed by atoms with Crippen molar-refractivity contribution in [3.05, 3.63) is 65.5 Å². The second-order valence-electron chi connectivity index (χ2n) is 6.61. The number of sulfonamides is 1. The van der Waals surface area contributed by atoms with Gasteiger partial charge in [-0.15, -0.1) is 0 Å². The zero-order valence-electron chi connectivity index (χ0n) is 14.9. The van der Waals surface area contributed by atoms with E-state index in [4.69, 9.17) is 4.74 Å². The number of benzene rings is 2. The number of aliphatic hydroxyl groups is 1. The van der Waals surface area contributed by atoms with Crippen molar-refractivity contribution < 1.29 is 22.7 Å². The van der Waals surface area contributed by atoms with E-state index in [1.807, 2.05) is 6.92 Å². The van der Waals surface area contributed by atoms with Gasteiger partial charge in [0.05, 0.1) is 29.8 Å². The smallest absolute Gasteiger partial charge is 0.240 e. The summed E-state index contributed by atoms with van der Waals surface area (Å²) in [6.45, 7) is 2.29. The summed E-state index contributed by atoms with van der Waals surface area (Å²) in [5.41, 5.74) is 1.46. The third-order valence-corrected chi connectivity index (χ3v) is 6.04. The average Bonchev–Trinajstić information content (AvgIpc) is 3.00. The number of hydrogen-bond acceptors (Lipinski definition) is 5. The maximum Gasteiger partial charge on any atom is 0.240 e. The first-order valence-corrected chi connectivity index (χ1v) is 10.2. The largest absolute Gasteiger partial charge is 0.389 e. The highest BCUT2D eigenvalue weighted by Gasteiger charge is 2.36. The summed E-state index contributed by atoms with van der Waals surface area (Å²) in [7, 11) is -3.68. The Labute approximate surface area is 158 Å². The van der Waals surface area contributed by atoms with Crippen molar-refractivity contribution in [3.8, 4) is 0 Å². The number of nitrogens with one attached hydrogen (secondary N) is 2. The summed E-state index contributed by atoms with van der Waals surface area (Å²) in [4.78, 5) is 0.162. The molecule has 1 heterocycles. The van der Waals surface area contributed by atoms with E-state index in [1.54, 1.807) is 30.3 Å². The third-order valence-electron chi connectivity index (χ3n) is 4.60. The second kappa shape index (κ2) is 8.45. The zero-order chi connectivity index (χ0) is 19.4. The molecule has 0 radical (unpaired) electrons. The van der Waals surface area contributed by atoms with Gasteiger partial charge in [-0.1, -0.05) is 35.9 Å². The molecule has 0 saturated carbocycles. The van der Waals surface area contributed by atoms with Crippen LogP contribution in [0.1, 0.15) is 11.1 Å². The summed E-state index contributed by atoms with van der Waals surface area (Å²) in [5, 5.41) is 13.4. The van der Waals surface area contributed by atoms with Crippen LogP contribution in [0.5, 0.6) is 0 Å². The van der Waals surface area contributed by atoms with Crippen LogP contribution in [0.2, 0.25) is 0 Å². The van der Waals surface area contributed by atoms with E-state index in [2.05, 4.69) is 10.0 Å². The van der Waals surface area contributed by atoms with E-state index < -0.39 is 28.3 Å². The number of aliphatic hydroxyl groups excluding tert-OH is 1. The molecule has 3 rings (SSSR count). The molecule has 146 valence electrons. The van der Waals surface area contributed by atoms with Gasteiger partial charge in [0, 0.05) is 18.7 Å². The van der Waals surface area contributed by atoms with Crippen LogP contribution in [0, 0.1) is 12.7 Å². The van der Waals surface area contributed by atoms with Crippen LogP contribution >= 0.6 is 0 Å². The molecule has 3 atom stereocenters. The monoisotopic (exact) mass is 394 g/mol. The van der Waals surface area contributed by atoms with Crippen LogP contribution in [-0.4, -0.2) is 44.9 Å². The van der Waals surface area contributed by atoms with Crippen molar-refractivity contribution >= 4 is 10.0 Å². The predicted octanol–water partition coefficient (Wildman–Crippen LogP) is 1.33. The first kappa shape index (κ1) is 19.9. The minimum atomic E-state index is -3.68. The molecule has 1 fully saturated rings. The third kappa shape index (κ3) is 4.91. The van der Waals surface area contributed by atoms with Gasteiger partial charge in [-0.05, 0) is 25.1 Å². The van der Waals surface area contributed by atoms with Crippen LogP contribution in [0.25, 0.3) is 0 Å². The molecule has 1 aliphatic rings. The normalized spacial score (nSPS) is 22.9. The van der Waals surface area contributed by atoms with Crippen LogP contribution in [0.4, 0.5) is 4.39 Å². The van der Waals surface area contributed by atoms with Gasteiger partial charge in [-0.3, -0.25) is 0 Å². The molecule has 0 amide bonds. The molecule has 2 aromatic carbocycles. The summed E-state index contributed by atoms with van der Waals surface area (Å²) < 4.78 is 46.3. The first-order chi connectivity index (χ1) is 12.9. The highest BCUT2D eigenvalue weighted by molar-refractivity contribution is 7.89. The van der Waals surface area contributed by atoms with Gasteiger partial charge in [0.25, 0.3) is 0 Å². The topological polar surface area (TPSA) is 87.7 Å². The zero-order valence-corrected chi connectivity index (χ0v) is 15.7. The maximum absolute atomic E-state index is 13.7. The Kier molecular flexibility index (Phi) is 6.23. The highest BCUT2D eigenvalue weighted by Crippen LogP contribution is 2.17. The Bertz CT molecular complexity index is 874. The summed E-state index contributed by atoms with van der Waals surface area (Å²) in [5.74, 6) is -0.319. The van der Waals surface area contributed by atoms with Crippen molar-refractivity contribution in [2.75, 3.05) is 13.2 Å². The van der Waals surface area contributed by atoms with Crippen molar-refractivity contribution in [2.24, 2.45) is 0 Å². The van der Waals surface area contributed by atoms with E-state index in [9.17, 15) is 17.9 Å². The minimum Gasteiger partial charge on any atom is -0.389 e. The van der Waals surface area contributed by atoms with Gasteiger partial charge >= 0.3 is 0 Å². The van der Waals surface area contributed by atoms with Crippen molar-refractivity contribution in [3.63, 3.8) is 0 Å². The summed E-state index contributed by atoms with van der Waals surface area (Å²) in [6, 6.07) is 12.5. The van der Waals surface area contributed by atoms with Crippen molar-refractivity contribution in [1.29, 1.82) is 0 Å². The molecular weight excluding hydrogens is 371 g/mol. The molecule has 0 aromatic heterocycles. The molecular formula is C19H23FN2O4S. The Balaban J connectivity index is 1.53. The quantitative estimate of drug-likeness (QED) is 0.660. The molecule has 27 heavy (non-hydrogen) atoms. The predicted molar refractivity (Wildman–Crippen MR) is 99.1 cm³/mol. The number of rotatable bonds is 7. The van der Waals surface area contributed by atoms with Crippen molar-refractivity contribution in [1.82, 2.24) is 10.0 Å². The average molecular weight is 394 g/mol. The second-order valence-corrected chi connectivity index (χ2v) is 8.37. The van der Waals surface area contributed by atoms with E-state index in [0.29, 0.717) is 5.56 Å². The van der Waals surface area contributed by atoms with Gasteiger partial charge < -0.3 is 15.2 Å². The van der Waals surface area contributed by atoms with E-state index >= 15 is 0 Å². The van der Waals surface area contributed by atoms with E-state index in [0.717, 1.165) is 5.56 Å². The van der Waals surface area contributed by atoms with Gasteiger partial charge in [0.15, 0.2) is 0 Å². The SMILES string of the molecule is Cc1ccc(S(=O)(=O)NC[C@H]2OC[C@@H](NCc3ccccc3F)[C@@H]2O)cc1.